The van der Waals surface area contributed by atoms with Crippen molar-refractivity contribution in [2.75, 3.05) is 0 Å². The Balaban J connectivity index is 2.05. The summed E-state index contributed by atoms with van der Waals surface area (Å²) < 4.78 is 1.97. The number of thioether (sulfide) groups is 1. The van der Waals surface area contributed by atoms with E-state index in [2.05, 4.69) is 20.8 Å². The van der Waals surface area contributed by atoms with Crippen molar-refractivity contribution >= 4 is 35.0 Å². The van der Waals surface area contributed by atoms with E-state index in [1.54, 1.807) is 18.3 Å². The Labute approximate surface area is 149 Å². The van der Waals surface area contributed by atoms with Gasteiger partial charge < -0.3 is 9.88 Å². The number of hydrogen-bond donors (Lipinski definition) is 2. The molecule has 7 nitrogen and oxygen atoms in total. The van der Waals surface area contributed by atoms with Crippen LogP contribution in [-0.4, -0.2) is 38.0 Å². The molecule has 0 aliphatic carbocycles. The molecule has 2 rings (SSSR count). The lowest BCUT2D eigenvalue weighted by Gasteiger charge is -2.13. The standard InChI is InChI=1S/C15H21N5O2S2/c1-5-20-12(11-7-6-8-23-11)18-19-15(20)24-10(4)13(21)17-14(22)16-9(2)3/h6-10H,5H2,1-4H3,(H2,16,17,21,22)/t10-/m1/s1. The monoisotopic (exact) mass is 367 g/mol. The third kappa shape index (κ3) is 4.57. The second-order valence-corrected chi connectivity index (χ2v) is 7.66. The van der Waals surface area contributed by atoms with Gasteiger partial charge in [-0.25, -0.2) is 4.79 Å². The van der Waals surface area contributed by atoms with Crippen LogP contribution in [0, 0.1) is 0 Å². The molecule has 2 N–H and O–H groups in total. The lowest BCUT2D eigenvalue weighted by molar-refractivity contribution is -0.119. The maximum absolute atomic E-state index is 12.1. The van der Waals surface area contributed by atoms with E-state index in [1.807, 2.05) is 42.9 Å². The normalized spacial score (nSPS) is 12.2. The SMILES string of the molecule is CCn1c(S[C@H](C)C(=O)NC(=O)NC(C)C)nnc1-c1cccs1. The predicted octanol–water partition coefficient (Wildman–Crippen LogP) is 2.74. The van der Waals surface area contributed by atoms with E-state index in [-0.39, 0.29) is 11.9 Å². The van der Waals surface area contributed by atoms with Gasteiger partial charge in [-0.1, -0.05) is 17.8 Å². The van der Waals surface area contributed by atoms with Gasteiger partial charge in [-0.2, -0.15) is 0 Å². The Morgan fingerprint density at radius 1 is 1.33 bits per heavy atom. The Morgan fingerprint density at radius 2 is 2.08 bits per heavy atom. The second kappa shape index (κ2) is 8.29. The number of hydrogen-bond acceptors (Lipinski definition) is 6. The molecule has 0 spiro atoms. The van der Waals surface area contributed by atoms with Crippen molar-refractivity contribution in [3.05, 3.63) is 17.5 Å². The fourth-order valence-electron chi connectivity index (χ4n) is 1.97. The second-order valence-electron chi connectivity index (χ2n) is 5.41. The van der Waals surface area contributed by atoms with Crippen molar-refractivity contribution in [3.63, 3.8) is 0 Å². The summed E-state index contributed by atoms with van der Waals surface area (Å²) in [5, 5.41) is 15.6. The van der Waals surface area contributed by atoms with Gasteiger partial charge in [0.15, 0.2) is 11.0 Å². The summed E-state index contributed by atoms with van der Waals surface area (Å²) in [6, 6.07) is 3.43. The van der Waals surface area contributed by atoms with E-state index in [4.69, 9.17) is 0 Å². The molecule has 3 amide bonds. The molecule has 1 atom stereocenters. The van der Waals surface area contributed by atoms with Crippen LogP contribution in [0.1, 0.15) is 27.7 Å². The Morgan fingerprint density at radius 3 is 2.67 bits per heavy atom. The van der Waals surface area contributed by atoms with Crippen LogP contribution in [0.2, 0.25) is 0 Å². The maximum atomic E-state index is 12.1. The number of carbonyl (C=O) groups excluding carboxylic acids is 2. The first kappa shape index (κ1) is 18.5. The molecule has 0 aromatic carbocycles. The van der Waals surface area contributed by atoms with E-state index >= 15 is 0 Å². The van der Waals surface area contributed by atoms with Crippen LogP contribution in [0.5, 0.6) is 0 Å². The van der Waals surface area contributed by atoms with Crippen LogP contribution in [0.4, 0.5) is 4.79 Å². The summed E-state index contributed by atoms with van der Waals surface area (Å²) in [5.74, 6) is 0.432. The van der Waals surface area contributed by atoms with Crippen LogP contribution < -0.4 is 10.6 Å². The molecule has 2 aromatic rings. The first-order chi connectivity index (χ1) is 11.4. The summed E-state index contributed by atoms with van der Waals surface area (Å²) in [7, 11) is 0. The number of nitrogens with zero attached hydrogens (tertiary/aromatic N) is 3. The molecule has 0 aliphatic rings. The van der Waals surface area contributed by atoms with Crippen molar-refractivity contribution in [2.24, 2.45) is 0 Å². The number of thiophene rings is 1. The summed E-state index contributed by atoms with van der Waals surface area (Å²) in [5.41, 5.74) is 0. The number of rotatable bonds is 6. The van der Waals surface area contributed by atoms with E-state index < -0.39 is 11.3 Å². The zero-order chi connectivity index (χ0) is 17.7. The first-order valence-corrected chi connectivity index (χ1v) is 9.43. The van der Waals surface area contributed by atoms with E-state index in [0.717, 1.165) is 10.7 Å². The average molecular weight is 368 g/mol. The first-order valence-electron chi connectivity index (χ1n) is 7.67. The molecular formula is C15H21N5O2S2. The van der Waals surface area contributed by atoms with Crippen molar-refractivity contribution in [3.8, 4) is 10.7 Å². The van der Waals surface area contributed by atoms with Crippen molar-refractivity contribution in [1.29, 1.82) is 0 Å². The molecule has 0 saturated heterocycles. The highest BCUT2D eigenvalue weighted by Gasteiger charge is 2.22. The molecule has 0 aliphatic heterocycles. The van der Waals surface area contributed by atoms with Gasteiger partial charge in [0.1, 0.15) is 0 Å². The fourth-order valence-corrected chi connectivity index (χ4v) is 3.60. The zero-order valence-electron chi connectivity index (χ0n) is 14.1. The Bertz CT molecular complexity index is 697. The minimum Gasteiger partial charge on any atom is -0.336 e. The van der Waals surface area contributed by atoms with Gasteiger partial charge in [0.25, 0.3) is 0 Å². The third-order valence-corrected chi connectivity index (χ3v) is 5.03. The molecule has 0 saturated carbocycles. The molecule has 9 heteroatoms. The summed E-state index contributed by atoms with van der Waals surface area (Å²) in [6.07, 6.45) is 0. The highest BCUT2D eigenvalue weighted by molar-refractivity contribution is 8.00. The van der Waals surface area contributed by atoms with Crippen LogP contribution in [-0.2, 0) is 11.3 Å². The smallest absolute Gasteiger partial charge is 0.321 e. The van der Waals surface area contributed by atoms with Gasteiger partial charge >= 0.3 is 6.03 Å². The molecule has 0 bridgehead atoms. The summed E-state index contributed by atoms with van der Waals surface area (Å²) in [6.45, 7) is 8.11. The molecule has 2 heterocycles. The van der Waals surface area contributed by atoms with Crippen LogP contribution >= 0.6 is 23.1 Å². The Kier molecular flexibility index (Phi) is 6.38. The van der Waals surface area contributed by atoms with Gasteiger partial charge in [0.2, 0.25) is 5.91 Å². The van der Waals surface area contributed by atoms with E-state index in [0.29, 0.717) is 11.7 Å². The highest BCUT2D eigenvalue weighted by Crippen LogP contribution is 2.28. The minimum atomic E-state index is -0.487. The number of carbonyl (C=O) groups is 2. The molecular weight excluding hydrogens is 346 g/mol. The van der Waals surface area contributed by atoms with Crippen LogP contribution in [0.3, 0.4) is 0 Å². The molecule has 0 radical (unpaired) electrons. The number of urea groups is 1. The predicted molar refractivity (Wildman–Crippen MR) is 96.1 cm³/mol. The van der Waals surface area contributed by atoms with Gasteiger partial charge in [-0.15, -0.1) is 21.5 Å². The number of nitrogens with one attached hydrogen (secondary N) is 2. The Hall–Kier alpha value is -1.87. The van der Waals surface area contributed by atoms with E-state index in [1.165, 1.54) is 11.8 Å². The fraction of sp³-hybridized carbons (Fsp3) is 0.467. The quantitative estimate of drug-likeness (QED) is 0.767. The van der Waals surface area contributed by atoms with E-state index in [9.17, 15) is 9.59 Å². The average Bonchev–Trinajstić information content (AvgIpc) is 3.14. The maximum Gasteiger partial charge on any atom is 0.321 e. The van der Waals surface area contributed by atoms with Crippen molar-refractivity contribution in [2.45, 2.75) is 50.7 Å². The molecule has 130 valence electrons. The molecule has 2 aromatic heterocycles. The number of imide groups is 1. The van der Waals surface area contributed by atoms with Gasteiger partial charge in [-0.05, 0) is 39.1 Å². The molecule has 0 unspecified atom stereocenters. The van der Waals surface area contributed by atoms with Gasteiger partial charge in [0, 0.05) is 12.6 Å². The van der Waals surface area contributed by atoms with Crippen LogP contribution in [0.25, 0.3) is 10.7 Å². The molecule has 0 fully saturated rings. The molecule has 24 heavy (non-hydrogen) atoms. The van der Waals surface area contributed by atoms with Gasteiger partial charge in [0.05, 0.1) is 10.1 Å². The lowest BCUT2D eigenvalue weighted by Crippen LogP contribution is -2.45. The van der Waals surface area contributed by atoms with Crippen molar-refractivity contribution in [1.82, 2.24) is 25.4 Å². The summed E-state index contributed by atoms with van der Waals surface area (Å²) >= 11 is 2.88. The minimum absolute atomic E-state index is 0.0303. The third-order valence-electron chi connectivity index (χ3n) is 3.08. The van der Waals surface area contributed by atoms with Crippen LogP contribution in [0.15, 0.2) is 22.7 Å². The van der Waals surface area contributed by atoms with Gasteiger partial charge in [-0.3, -0.25) is 10.1 Å². The zero-order valence-corrected chi connectivity index (χ0v) is 15.7. The lowest BCUT2D eigenvalue weighted by atomic mass is 10.4. The van der Waals surface area contributed by atoms with Crippen molar-refractivity contribution < 1.29 is 9.59 Å². The topological polar surface area (TPSA) is 88.9 Å². The number of aromatic nitrogens is 3. The largest absolute Gasteiger partial charge is 0.336 e. The highest BCUT2D eigenvalue weighted by atomic mass is 32.2. The number of amides is 3. The summed E-state index contributed by atoms with van der Waals surface area (Å²) in [4.78, 5) is 24.8.